The van der Waals surface area contributed by atoms with Gasteiger partial charge < -0.3 is 29.4 Å². The zero-order chi connectivity index (χ0) is 27.1. The fraction of sp³-hybridized carbons (Fsp3) is 0.519. The normalized spacial score (nSPS) is 21.2. The molecule has 0 radical (unpaired) electrons. The van der Waals surface area contributed by atoms with Crippen LogP contribution in [0, 0.1) is 6.92 Å². The van der Waals surface area contributed by atoms with Gasteiger partial charge in [-0.1, -0.05) is 18.2 Å². The lowest BCUT2D eigenvalue weighted by Crippen LogP contribution is -2.41. The van der Waals surface area contributed by atoms with E-state index in [1.807, 2.05) is 32.0 Å². The Morgan fingerprint density at radius 2 is 2.05 bits per heavy atom. The van der Waals surface area contributed by atoms with Crippen molar-refractivity contribution in [1.82, 2.24) is 9.62 Å². The summed E-state index contributed by atoms with van der Waals surface area (Å²) in [6.45, 7) is 7.56. The van der Waals surface area contributed by atoms with Crippen LogP contribution in [0.15, 0.2) is 41.3 Å². The van der Waals surface area contributed by atoms with Crippen LogP contribution in [0.25, 0.3) is 0 Å². The standard InChI is InChI=1S/C27H36N2O8S/c1-19-3-4-21(5-8-27(30)31)13-22(19)17-29-16-20(2)37-25-14-23(6-7-26(25)38(29,32)33)36-12-11-34-18-24-15-28-9-10-35-24/h3-4,6-7,13-14,20,24,28H,5,8-12,15-18H2,1-2H3,(H,30,31). The number of hydrogen-bond acceptors (Lipinski definition) is 8. The molecule has 0 amide bonds. The number of morpholine rings is 1. The molecule has 10 nitrogen and oxygen atoms in total. The number of aryl methyl sites for hydroxylation is 2. The van der Waals surface area contributed by atoms with E-state index in [-0.39, 0.29) is 42.4 Å². The molecule has 2 N–H and O–H groups in total. The summed E-state index contributed by atoms with van der Waals surface area (Å²) in [6, 6.07) is 10.4. The van der Waals surface area contributed by atoms with E-state index < -0.39 is 16.0 Å². The van der Waals surface area contributed by atoms with Crippen molar-refractivity contribution < 1.29 is 37.3 Å². The molecule has 2 aliphatic rings. The highest BCUT2D eigenvalue weighted by Crippen LogP contribution is 2.35. The van der Waals surface area contributed by atoms with Crippen LogP contribution in [0.1, 0.15) is 30.0 Å². The number of ether oxygens (including phenoxy) is 4. The molecule has 0 bridgehead atoms. The second kappa shape index (κ2) is 12.9. The molecule has 2 aliphatic heterocycles. The first-order valence-corrected chi connectivity index (χ1v) is 14.3. The molecule has 0 aliphatic carbocycles. The minimum atomic E-state index is -3.85. The van der Waals surface area contributed by atoms with Gasteiger partial charge in [-0.15, -0.1) is 0 Å². The third-order valence-electron chi connectivity index (χ3n) is 6.51. The Labute approximate surface area is 223 Å². The summed E-state index contributed by atoms with van der Waals surface area (Å²) in [4.78, 5) is 11.1. The molecule has 11 heteroatoms. The zero-order valence-electron chi connectivity index (χ0n) is 21.9. The van der Waals surface area contributed by atoms with Crippen molar-refractivity contribution in [2.45, 2.75) is 50.3 Å². The number of hydrogen-bond donors (Lipinski definition) is 2. The quantitative estimate of drug-likeness (QED) is 0.407. The Bertz CT molecular complexity index is 1210. The van der Waals surface area contributed by atoms with Crippen molar-refractivity contribution in [2.75, 3.05) is 46.1 Å². The fourth-order valence-corrected chi connectivity index (χ4v) is 6.06. The van der Waals surface area contributed by atoms with Crippen LogP contribution in [0.4, 0.5) is 0 Å². The van der Waals surface area contributed by atoms with Crippen molar-refractivity contribution in [2.24, 2.45) is 0 Å². The van der Waals surface area contributed by atoms with Gasteiger partial charge >= 0.3 is 5.97 Å². The van der Waals surface area contributed by atoms with E-state index in [4.69, 9.17) is 24.1 Å². The fourth-order valence-electron chi connectivity index (χ4n) is 4.46. The topological polar surface area (TPSA) is 124 Å². The van der Waals surface area contributed by atoms with E-state index >= 15 is 0 Å². The molecule has 38 heavy (non-hydrogen) atoms. The summed E-state index contributed by atoms with van der Waals surface area (Å²) in [5, 5.41) is 12.3. The van der Waals surface area contributed by atoms with Crippen LogP contribution in [-0.2, 0) is 37.3 Å². The number of benzene rings is 2. The first-order valence-electron chi connectivity index (χ1n) is 12.9. The molecule has 208 valence electrons. The molecule has 4 rings (SSSR count). The van der Waals surface area contributed by atoms with Crippen LogP contribution in [0.3, 0.4) is 0 Å². The highest BCUT2D eigenvalue weighted by Gasteiger charge is 2.34. The average molecular weight is 549 g/mol. The SMILES string of the molecule is Cc1ccc(CCC(=O)O)cc1CN1CC(C)Oc2cc(OCCOCC3CNCCO3)ccc2S1(=O)=O. The van der Waals surface area contributed by atoms with Crippen LogP contribution < -0.4 is 14.8 Å². The zero-order valence-corrected chi connectivity index (χ0v) is 22.7. The number of aliphatic carboxylic acids is 1. The minimum absolute atomic E-state index is 0.0196. The Morgan fingerprint density at radius 3 is 2.82 bits per heavy atom. The summed E-state index contributed by atoms with van der Waals surface area (Å²) in [5.41, 5.74) is 2.63. The van der Waals surface area contributed by atoms with Gasteiger partial charge in [-0.05, 0) is 49.1 Å². The van der Waals surface area contributed by atoms with E-state index in [1.165, 1.54) is 10.4 Å². The van der Waals surface area contributed by atoms with Crippen LogP contribution >= 0.6 is 0 Å². The Kier molecular flexibility index (Phi) is 9.61. The van der Waals surface area contributed by atoms with E-state index in [0.717, 1.165) is 29.8 Å². The van der Waals surface area contributed by atoms with E-state index in [9.17, 15) is 13.2 Å². The summed E-state index contributed by atoms with van der Waals surface area (Å²) >= 11 is 0. The third-order valence-corrected chi connectivity index (χ3v) is 8.37. The van der Waals surface area contributed by atoms with Crippen molar-refractivity contribution in [3.8, 4) is 11.5 Å². The van der Waals surface area contributed by atoms with Gasteiger partial charge in [0, 0.05) is 32.1 Å². The van der Waals surface area contributed by atoms with Crippen molar-refractivity contribution >= 4 is 16.0 Å². The molecule has 0 saturated carbocycles. The predicted octanol–water partition coefficient (Wildman–Crippen LogP) is 2.37. The van der Waals surface area contributed by atoms with E-state index in [1.54, 1.807) is 12.1 Å². The van der Waals surface area contributed by atoms with Gasteiger partial charge in [0.05, 0.1) is 32.5 Å². The molecular weight excluding hydrogens is 512 g/mol. The maximum absolute atomic E-state index is 13.6. The highest BCUT2D eigenvalue weighted by atomic mass is 32.2. The Morgan fingerprint density at radius 1 is 1.21 bits per heavy atom. The number of fused-ring (bicyclic) bond motifs is 1. The molecule has 2 aromatic carbocycles. The van der Waals surface area contributed by atoms with Crippen molar-refractivity contribution in [3.63, 3.8) is 0 Å². The Hall–Kier alpha value is -2.70. The predicted molar refractivity (Wildman–Crippen MR) is 140 cm³/mol. The lowest BCUT2D eigenvalue weighted by Gasteiger charge is -2.23. The molecule has 2 atom stereocenters. The number of carboxylic acids is 1. The Balaban J connectivity index is 1.41. The molecular formula is C27H36N2O8S. The van der Waals surface area contributed by atoms with Gasteiger partial charge in [0.15, 0.2) is 0 Å². The summed E-state index contributed by atoms with van der Waals surface area (Å²) in [6.07, 6.45) is 0.0579. The number of carboxylic acid groups (broad SMARTS) is 1. The van der Waals surface area contributed by atoms with E-state index in [2.05, 4.69) is 5.32 Å². The van der Waals surface area contributed by atoms with Crippen LogP contribution in [0.5, 0.6) is 11.5 Å². The lowest BCUT2D eigenvalue weighted by molar-refractivity contribution is -0.136. The highest BCUT2D eigenvalue weighted by molar-refractivity contribution is 7.89. The van der Waals surface area contributed by atoms with Crippen LogP contribution in [0.2, 0.25) is 0 Å². The second-order valence-electron chi connectivity index (χ2n) is 9.61. The van der Waals surface area contributed by atoms with Gasteiger partial charge in [-0.2, -0.15) is 4.31 Å². The van der Waals surface area contributed by atoms with Gasteiger partial charge in [-0.3, -0.25) is 4.79 Å². The smallest absolute Gasteiger partial charge is 0.303 e. The van der Waals surface area contributed by atoms with Gasteiger partial charge in [0.2, 0.25) is 10.0 Å². The number of sulfonamides is 1. The largest absolute Gasteiger partial charge is 0.491 e. The summed E-state index contributed by atoms with van der Waals surface area (Å²) in [7, 11) is -3.85. The van der Waals surface area contributed by atoms with Gasteiger partial charge in [0.1, 0.15) is 29.1 Å². The average Bonchev–Trinajstić information content (AvgIpc) is 2.97. The molecule has 2 unspecified atom stereocenters. The number of nitrogens with one attached hydrogen (secondary N) is 1. The van der Waals surface area contributed by atoms with Gasteiger partial charge in [-0.25, -0.2) is 8.42 Å². The monoisotopic (exact) mass is 548 g/mol. The lowest BCUT2D eigenvalue weighted by atomic mass is 10.0. The second-order valence-corrected chi connectivity index (χ2v) is 11.5. The summed E-state index contributed by atoms with van der Waals surface area (Å²) in [5.74, 6) is -0.111. The first kappa shape index (κ1) is 28.3. The third kappa shape index (κ3) is 7.45. The number of rotatable bonds is 11. The number of nitrogens with zero attached hydrogens (tertiary/aromatic N) is 1. The molecule has 0 aromatic heterocycles. The number of carbonyl (C=O) groups is 1. The van der Waals surface area contributed by atoms with Crippen molar-refractivity contribution in [1.29, 1.82) is 0 Å². The maximum Gasteiger partial charge on any atom is 0.303 e. The molecule has 0 spiro atoms. The molecule has 1 fully saturated rings. The summed E-state index contributed by atoms with van der Waals surface area (Å²) < 4.78 is 51.7. The molecule has 2 aromatic rings. The maximum atomic E-state index is 13.6. The first-order chi connectivity index (χ1) is 18.2. The van der Waals surface area contributed by atoms with Crippen molar-refractivity contribution in [3.05, 3.63) is 53.1 Å². The minimum Gasteiger partial charge on any atom is -0.491 e. The van der Waals surface area contributed by atoms with E-state index in [0.29, 0.717) is 38.6 Å². The van der Waals surface area contributed by atoms with Gasteiger partial charge in [0.25, 0.3) is 0 Å². The van der Waals surface area contributed by atoms with Crippen LogP contribution in [-0.4, -0.2) is 82.1 Å². The molecule has 1 saturated heterocycles. The molecule has 2 heterocycles.